The van der Waals surface area contributed by atoms with E-state index >= 15 is 0 Å². The zero-order chi connectivity index (χ0) is 24.1. The first-order valence-corrected chi connectivity index (χ1v) is 12.4. The fourth-order valence-corrected chi connectivity index (χ4v) is 4.28. The third-order valence-electron chi connectivity index (χ3n) is 5.64. The fourth-order valence-electron chi connectivity index (χ4n) is 3.81. The van der Waals surface area contributed by atoms with Crippen LogP contribution in [0, 0.1) is 0 Å². The molecule has 180 valence electrons. The molecule has 0 unspecified atom stereocenters. The molecule has 2 aromatic heterocycles. The average Bonchev–Trinajstić information content (AvgIpc) is 3.52. The van der Waals surface area contributed by atoms with Gasteiger partial charge in [0, 0.05) is 43.7 Å². The van der Waals surface area contributed by atoms with Crippen LogP contribution in [0.25, 0.3) is 10.9 Å². The van der Waals surface area contributed by atoms with Crippen LogP contribution >= 0.6 is 11.8 Å². The molecule has 4 rings (SSSR count). The number of ether oxygens (including phenoxy) is 2. The Kier molecular flexibility index (Phi) is 7.41. The number of carbonyl (C=O) groups is 2. The Hall–Kier alpha value is -3.47. The molecule has 34 heavy (non-hydrogen) atoms. The Labute approximate surface area is 200 Å². The number of benzene rings is 1. The molecular weight excluding hydrogens is 458 g/mol. The summed E-state index contributed by atoms with van der Waals surface area (Å²) < 4.78 is 12.6. The minimum atomic E-state index is -0.761. The van der Waals surface area contributed by atoms with Crippen molar-refractivity contribution in [1.29, 1.82) is 0 Å². The Balaban J connectivity index is 1.55. The standard InChI is InChI=1S/C23H27N5O5S/c1-3-28-11-16(21(29)15-8-19-20(9-18(15)28)33-13-32-19)22(30)27-17(5-7-34-2)23(31)25-6-4-14-10-24-12-26-14/h8-12,17H,3-7,13H2,1-2H3,(H,24,26)(H,25,31)(H,27,30)/t17-/m0/s1. The van der Waals surface area contributed by atoms with Gasteiger partial charge in [-0.3, -0.25) is 14.4 Å². The lowest BCUT2D eigenvalue weighted by Gasteiger charge is -2.19. The molecular formula is C23H27N5O5S. The zero-order valence-electron chi connectivity index (χ0n) is 19.1. The Bertz CT molecular complexity index is 1240. The van der Waals surface area contributed by atoms with Crippen LogP contribution in [0.3, 0.4) is 0 Å². The van der Waals surface area contributed by atoms with E-state index in [2.05, 4.69) is 20.6 Å². The zero-order valence-corrected chi connectivity index (χ0v) is 19.9. The van der Waals surface area contributed by atoms with Crippen molar-refractivity contribution in [1.82, 2.24) is 25.2 Å². The second-order valence-corrected chi connectivity index (χ2v) is 8.79. The number of nitrogens with zero attached hydrogens (tertiary/aromatic N) is 2. The fraction of sp³-hybridized carbons (Fsp3) is 0.391. The SMILES string of the molecule is CCn1cc(C(=O)N[C@@H](CCSC)C(=O)NCCc2cnc[nH]2)c(=O)c2cc3c(cc21)OCO3. The van der Waals surface area contributed by atoms with Gasteiger partial charge >= 0.3 is 0 Å². The number of hydrogen-bond donors (Lipinski definition) is 3. The molecule has 0 fully saturated rings. The van der Waals surface area contributed by atoms with Crippen molar-refractivity contribution in [2.24, 2.45) is 0 Å². The molecule has 1 aliphatic rings. The molecule has 1 aliphatic heterocycles. The quantitative estimate of drug-likeness (QED) is 0.399. The number of H-pyrrole nitrogens is 1. The van der Waals surface area contributed by atoms with Gasteiger partial charge in [-0.25, -0.2) is 4.98 Å². The summed E-state index contributed by atoms with van der Waals surface area (Å²) >= 11 is 1.58. The highest BCUT2D eigenvalue weighted by Crippen LogP contribution is 2.35. The Morgan fingerprint density at radius 2 is 2.09 bits per heavy atom. The van der Waals surface area contributed by atoms with Crippen LogP contribution in [0.1, 0.15) is 29.4 Å². The van der Waals surface area contributed by atoms with Gasteiger partial charge in [-0.2, -0.15) is 11.8 Å². The van der Waals surface area contributed by atoms with Crippen molar-refractivity contribution in [3.8, 4) is 11.5 Å². The molecule has 1 aromatic carbocycles. The molecule has 3 N–H and O–H groups in total. The van der Waals surface area contributed by atoms with Crippen molar-refractivity contribution in [3.05, 3.63) is 52.3 Å². The van der Waals surface area contributed by atoms with E-state index in [1.54, 1.807) is 36.4 Å². The van der Waals surface area contributed by atoms with Crippen LogP contribution in [-0.4, -0.2) is 57.7 Å². The number of nitrogens with one attached hydrogen (secondary N) is 3. The van der Waals surface area contributed by atoms with Gasteiger partial charge in [0.15, 0.2) is 11.5 Å². The Morgan fingerprint density at radius 3 is 2.79 bits per heavy atom. The first-order chi connectivity index (χ1) is 16.5. The molecule has 10 nitrogen and oxygen atoms in total. The first-order valence-electron chi connectivity index (χ1n) is 11.0. The number of aromatic nitrogens is 3. The third-order valence-corrected chi connectivity index (χ3v) is 6.28. The summed E-state index contributed by atoms with van der Waals surface area (Å²) in [4.78, 5) is 46.2. The summed E-state index contributed by atoms with van der Waals surface area (Å²) in [6, 6.07) is 2.60. The molecule has 11 heteroatoms. The molecule has 2 amide bonds. The summed E-state index contributed by atoms with van der Waals surface area (Å²) in [5.74, 6) is 0.845. The van der Waals surface area contributed by atoms with Gasteiger partial charge in [0.1, 0.15) is 11.6 Å². The van der Waals surface area contributed by atoms with Gasteiger partial charge in [0.05, 0.1) is 17.2 Å². The van der Waals surface area contributed by atoms with E-state index in [9.17, 15) is 14.4 Å². The Morgan fingerprint density at radius 1 is 1.29 bits per heavy atom. The van der Waals surface area contributed by atoms with E-state index in [-0.39, 0.29) is 18.3 Å². The number of pyridine rings is 1. The highest BCUT2D eigenvalue weighted by atomic mass is 32.2. The van der Waals surface area contributed by atoms with E-state index in [4.69, 9.17) is 9.47 Å². The lowest BCUT2D eigenvalue weighted by molar-refractivity contribution is -0.122. The minimum Gasteiger partial charge on any atom is -0.454 e. The lowest BCUT2D eigenvalue weighted by Crippen LogP contribution is -2.48. The maximum absolute atomic E-state index is 13.2. The van der Waals surface area contributed by atoms with Crippen LogP contribution in [0.15, 0.2) is 35.6 Å². The first kappa shape index (κ1) is 23.7. The highest BCUT2D eigenvalue weighted by molar-refractivity contribution is 7.98. The van der Waals surface area contributed by atoms with Crippen LogP contribution < -0.4 is 25.5 Å². The molecule has 0 radical (unpaired) electrons. The van der Waals surface area contributed by atoms with Gasteiger partial charge < -0.3 is 29.7 Å². The van der Waals surface area contributed by atoms with Crippen LogP contribution in [0.5, 0.6) is 11.5 Å². The van der Waals surface area contributed by atoms with Crippen LogP contribution in [0.4, 0.5) is 0 Å². The van der Waals surface area contributed by atoms with Gasteiger partial charge in [-0.15, -0.1) is 0 Å². The number of carbonyl (C=O) groups excluding carboxylic acids is 2. The van der Waals surface area contributed by atoms with E-state index in [0.29, 0.717) is 54.1 Å². The number of imidazole rings is 1. The molecule has 1 atom stereocenters. The third kappa shape index (κ3) is 5.04. The molecule has 0 bridgehead atoms. The van der Waals surface area contributed by atoms with Gasteiger partial charge in [-0.1, -0.05) is 0 Å². The number of hydrogen-bond acceptors (Lipinski definition) is 7. The number of amides is 2. The van der Waals surface area contributed by atoms with E-state index in [0.717, 1.165) is 5.69 Å². The highest BCUT2D eigenvalue weighted by Gasteiger charge is 2.25. The van der Waals surface area contributed by atoms with Crippen molar-refractivity contribution in [3.63, 3.8) is 0 Å². The average molecular weight is 486 g/mol. The smallest absolute Gasteiger partial charge is 0.257 e. The summed E-state index contributed by atoms with van der Waals surface area (Å²) in [7, 11) is 0. The minimum absolute atomic E-state index is 0.0207. The van der Waals surface area contributed by atoms with E-state index in [1.165, 1.54) is 6.20 Å². The summed E-state index contributed by atoms with van der Waals surface area (Å²) in [5.41, 5.74) is 1.12. The summed E-state index contributed by atoms with van der Waals surface area (Å²) in [6.07, 6.45) is 7.78. The van der Waals surface area contributed by atoms with Crippen molar-refractivity contribution in [2.45, 2.75) is 32.4 Å². The van der Waals surface area contributed by atoms with Crippen molar-refractivity contribution >= 4 is 34.5 Å². The molecule has 0 spiro atoms. The van der Waals surface area contributed by atoms with Crippen molar-refractivity contribution in [2.75, 3.05) is 25.3 Å². The summed E-state index contributed by atoms with van der Waals surface area (Å²) in [5, 5.41) is 5.99. The van der Waals surface area contributed by atoms with Crippen LogP contribution in [-0.2, 0) is 17.8 Å². The maximum Gasteiger partial charge on any atom is 0.257 e. The lowest BCUT2D eigenvalue weighted by atomic mass is 10.1. The number of aromatic amines is 1. The largest absolute Gasteiger partial charge is 0.454 e. The molecule has 0 saturated carbocycles. The topological polar surface area (TPSA) is 127 Å². The van der Waals surface area contributed by atoms with E-state index in [1.807, 2.05) is 17.7 Å². The summed E-state index contributed by atoms with van der Waals surface area (Å²) in [6.45, 7) is 2.95. The molecule has 3 aromatic rings. The van der Waals surface area contributed by atoms with Gasteiger partial charge in [0.25, 0.3) is 5.91 Å². The number of fused-ring (bicyclic) bond motifs is 2. The molecule has 0 saturated heterocycles. The number of aryl methyl sites for hydroxylation is 1. The second kappa shape index (κ2) is 10.6. The van der Waals surface area contributed by atoms with Gasteiger partial charge in [0.2, 0.25) is 18.1 Å². The van der Waals surface area contributed by atoms with Gasteiger partial charge in [-0.05, 0) is 31.4 Å². The maximum atomic E-state index is 13.2. The number of thioether (sulfide) groups is 1. The predicted octanol–water partition coefficient (Wildman–Crippen LogP) is 1.68. The predicted molar refractivity (Wildman–Crippen MR) is 130 cm³/mol. The molecule has 0 aliphatic carbocycles. The van der Waals surface area contributed by atoms with Crippen molar-refractivity contribution < 1.29 is 19.1 Å². The van der Waals surface area contributed by atoms with Crippen LogP contribution in [0.2, 0.25) is 0 Å². The van der Waals surface area contributed by atoms with E-state index < -0.39 is 17.4 Å². The monoisotopic (exact) mass is 485 g/mol. The second-order valence-electron chi connectivity index (χ2n) is 7.81. The normalized spacial score (nSPS) is 13.1. The number of rotatable bonds is 10. The molecule has 3 heterocycles.